The van der Waals surface area contributed by atoms with E-state index in [-0.39, 0.29) is 11.7 Å². The second kappa shape index (κ2) is 7.48. The second-order valence-electron chi connectivity index (χ2n) is 6.50. The molecule has 1 N–H and O–H groups in total. The summed E-state index contributed by atoms with van der Waals surface area (Å²) >= 11 is 1.40. The van der Waals surface area contributed by atoms with Crippen LogP contribution in [-0.2, 0) is 0 Å². The van der Waals surface area contributed by atoms with E-state index in [1.54, 1.807) is 6.07 Å². The summed E-state index contributed by atoms with van der Waals surface area (Å²) in [6, 6.07) is 15.3. The molecule has 142 valence electrons. The molecule has 0 spiro atoms. The maximum atomic E-state index is 12.6. The smallest absolute Gasteiger partial charge is 0.293 e. The number of amides is 1. The van der Waals surface area contributed by atoms with Gasteiger partial charge in [0, 0.05) is 5.56 Å². The predicted octanol–water partition coefficient (Wildman–Crippen LogP) is 5.82. The zero-order valence-electron chi connectivity index (χ0n) is 15.9. The third-order valence-corrected chi connectivity index (χ3v) is 5.45. The Morgan fingerprint density at radius 1 is 1.11 bits per heavy atom. The van der Waals surface area contributed by atoms with Gasteiger partial charge in [0.1, 0.15) is 11.5 Å². The van der Waals surface area contributed by atoms with Crippen molar-refractivity contribution in [3.8, 4) is 17.1 Å². The lowest BCUT2D eigenvalue weighted by molar-refractivity contribution is 0.0997. The molecule has 1 amide bonds. The molecule has 2 aromatic heterocycles. The third kappa shape index (κ3) is 3.64. The number of hydrogen-bond acceptors (Lipinski definition) is 5. The van der Waals surface area contributed by atoms with Crippen molar-refractivity contribution in [1.29, 1.82) is 0 Å². The highest BCUT2D eigenvalue weighted by molar-refractivity contribution is 7.22. The summed E-state index contributed by atoms with van der Waals surface area (Å²) in [6.45, 7) is 6.67. The SMILES string of the molecule is CCOc1ccc2nc(NC(=O)c3ccc(-c4ccc(C)c(C)c4)o3)sc2c1. The molecule has 0 fully saturated rings. The van der Waals surface area contributed by atoms with Crippen LogP contribution < -0.4 is 10.1 Å². The van der Waals surface area contributed by atoms with Gasteiger partial charge in [0.25, 0.3) is 5.91 Å². The predicted molar refractivity (Wildman–Crippen MR) is 112 cm³/mol. The van der Waals surface area contributed by atoms with Gasteiger partial charge in [0.15, 0.2) is 10.9 Å². The van der Waals surface area contributed by atoms with Crippen LogP contribution in [0.5, 0.6) is 5.75 Å². The minimum atomic E-state index is -0.320. The fourth-order valence-electron chi connectivity index (χ4n) is 2.88. The molecular weight excluding hydrogens is 372 g/mol. The minimum Gasteiger partial charge on any atom is -0.494 e. The second-order valence-corrected chi connectivity index (χ2v) is 7.53. The molecule has 0 unspecified atom stereocenters. The van der Waals surface area contributed by atoms with E-state index >= 15 is 0 Å². The summed E-state index contributed by atoms with van der Waals surface area (Å²) < 4.78 is 12.2. The standard InChI is InChI=1S/C22H20N2O3S/c1-4-26-16-7-8-17-20(12-16)28-22(23-17)24-21(25)19-10-9-18(27-19)15-6-5-13(2)14(3)11-15/h5-12H,4H2,1-3H3,(H,23,24,25). The summed E-state index contributed by atoms with van der Waals surface area (Å²) in [4.78, 5) is 17.0. The number of nitrogens with one attached hydrogen (secondary N) is 1. The number of hydrogen-bond donors (Lipinski definition) is 1. The number of carbonyl (C=O) groups is 1. The van der Waals surface area contributed by atoms with Gasteiger partial charge in [-0.2, -0.15) is 0 Å². The molecule has 2 aromatic carbocycles. The number of fused-ring (bicyclic) bond motifs is 1. The molecule has 4 aromatic rings. The van der Waals surface area contributed by atoms with E-state index in [1.807, 2.05) is 43.3 Å². The number of rotatable bonds is 5. The van der Waals surface area contributed by atoms with Crippen LogP contribution in [0.15, 0.2) is 52.9 Å². The molecule has 0 atom stereocenters. The lowest BCUT2D eigenvalue weighted by Crippen LogP contribution is -2.10. The molecule has 5 nitrogen and oxygen atoms in total. The average Bonchev–Trinajstić information content (AvgIpc) is 3.30. The van der Waals surface area contributed by atoms with Crippen molar-refractivity contribution in [1.82, 2.24) is 4.98 Å². The quantitative estimate of drug-likeness (QED) is 0.464. The largest absolute Gasteiger partial charge is 0.494 e. The number of aryl methyl sites for hydroxylation is 2. The topological polar surface area (TPSA) is 64.4 Å². The molecular formula is C22H20N2O3S. The monoisotopic (exact) mass is 392 g/mol. The first kappa shape index (κ1) is 18.3. The molecule has 0 saturated heterocycles. The number of ether oxygens (including phenoxy) is 1. The molecule has 0 radical (unpaired) electrons. The van der Waals surface area contributed by atoms with E-state index in [0.29, 0.717) is 17.5 Å². The molecule has 0 aliphatic heterocycles. The summed E-state index contributed by atoms with van der Waals surface area (Å²) in [5.41, 5.74) is 4.17. The molecule has 0 bridgehead atoms. The van der Waals surface area contributed by atoms with Gasteiger partial charge >= 0.3 is 0 Å². The zero-order valence-corrected chi connectivity index (χ0v) is 16.7. The molecule has 28 heavy (non-hydrogen) atoms. The van der Waals surface area contributed by atoms with Crippen molar-refractivity contribution >= 4 is 32.6 Å². The van der Waals surface area contributed by atoms with Crippen LogP contribution in [0.1, 0.15) is 28.6 Å². The Morgan fingerprint density at radius 3 is 2.75 bits per heavy atom. The maximum absolute atomic E-state index is 12.6. The molecule has 6 heteroatoms. The normalized spacial score (nSPS) is 11.0. The highest BCUT2D eigenvalue weighted by Gasteiger charge is 2.15. The van der Waals surface area contributed by atoms with Gasteiger partial charge in [-0.25, -0.2) is 4.98 Å². The van der Waals surface area contributed by atoms with E-state index < -0.39 is 0 Å². The highest BCUT2D eigenvalue weighted by Crippen LogP contribution is 2.30. The van der Waals surface area contributed by atoms with Crippen LogP contribution in [-0.4, -0.2) is 17.5 Å². The van der Waals surface area contributed by atoms with Gasteiger partial charge in [-0.15, -0.1) is 0 Å². The number of carbonyl (C=O) groups excluding carboxylic acids is 1. The number of benzene rings is 2. The lowest BCUT2D eigenvalue weighted by Gasteiger charge is -2.02. The van der Waals surface area contributed by atoms with E-state index in [4.69, 9.17) is 9.15 Å². The van der Waals surface area contributed by atoms with Crippen molar-refractivity contribution < 1.29 is 13.9 Å². The first-order valence-electron chi connectivity index (χ1n) is 9.05. The van der Waals surface area contributed by atoms with Gasteiger partial charge < -0.3 is 9.15 Å². The average molecular weight is 392 g/mol. The van der Waals surface area contributed by atoms with Crippen LogP contribution in [0.25, 0.3) is 21.5 Å². The van der Waals surface area contributed by atoms with E-state index in [1.165, 1.54) is 22.5 Å². The van der Waals surface area contributed by atoms with Crippen LogP contribution >= 0.6 is 11.3 Å². The van der Waals surface area contributed by atoms with Crippen molar-refractivity contribution in [2.75, 3.05) is 11.9 Å². The fraction of sp³-hybridized carbons (Fsp3) is 0.182. The number of thiazole rings is 1. The molecule has 0 saturated carbocycles. The van der Waals surface area contributed by atoms with Gasteiger partial charge in [0.05, 0.1) is 16.8 Å². The van der Waals surface area contributed by atoms with Crippen molar-refractivity contribution in [3.05, 3.63) is 65.4 Å². The van der Waals surface area contributed by atoms with Crippen LogP contribution in [0.3, 0.4) is 0 Å². The Bertz CT molecular complexity index is 1160. The summed E-state index contributed by atoms with van der Waals surface area (Å²) in [5, 5.41) is 3.34. The number of aromatic nitrogens is 1. The van der Waals surface area contributed by atoms with Gasteiger partial charge in [-0.1, -0.05) is 23.5 Å². The Labute approximate surface area is 167 Å². The van der Waals surface area contributed by atoms with Crippen molar-refractivity contribution in [2.24, 2.45) is 0 Å². The van der Waals surface area contributed by atoms with E-state index in [9.17, 15) is 4.79 Å². The molecule has 0 aliphatic rings. The Kier molecular flexibility index (Phi) is 4.88. The third-order valence-electron chi connectivity index (χ3n) is 4.51. The van der Waals surface area contributed by atoms with Crippen molar-refractivity contribution in [2.45, 2.75) is 20.8 Å². The number of nitrogens with zero attached hydrogens (tertiary/aromatic N) is 1. The molecule has 4 rings (SSSR count). The Balaban J connectivity index is 1.53. The van der Waals surface area contributed by atoms with E-state index in [2.05, 4.69) is 30.2 Å². The van der Waals surface area contributed by atoms with Gasteiger partial charge in [0.2, 0.25) is 0 Å². The first-order valence-corrected chi connectivity index (χ1v) is 9.87. The lowest BCUT2D eigenvalue weighted by atomic mass is 10.1. The van der Waals surface area contributed by atoms with Crippen LogP contribution in [0.4, 0.5) is 5.13 Å². The maximum Gasteiger partial charge on any atom is 0.293 e. The number of anilines is 1. The van der Waals surface area contributed by atoms with Crippen LogP contribution in [0.2, 0.25) is 0 Å². The zero-order chi connectivity index (χ0) is 19.7. The number of furan rings is 1. The summed E-state index contributed by atoms with van der Waals surface area (Å²) in [6.07, 6.45) is 0. The molecule has 2 heterocycles. The fourth-order valence-corrected chi connectivity index (χ4v) is 3.77. The first-order chi connectivity index (χ1) is 13.5. The highest BCUT2D eigenvalue weighted by atomic mass is 32.1. The van der Waals surface area contributed by atoms with E-state index in [0.717, 1.165) is 21.5 Å². The summed E-state index contributed by atoms with van der Waals surface area (Å²) in [5.74, 6) is 1.39. The molecule has 0 aliphatic carbocycles. The van der Waals surface area contributed by atoms with Gasteiger partial charge in [-0.05, 0) is 68.3 Å². The minimum absolute atomic E-state index is 0.252. The summed E-state index contributed by atoms with van der Waals surface area (Å²) in [7, 11) is 0. The Morgan fingerprint density at radius 2 is 1.96 bits per heavy atom. The van der Waals surface area contributed by atoms with Crippen molar-refractivity contribution in [3.63, 3.8) is 0 Å². The van der Waals surface area contributed by atoms with Gasteiger partial charge in [-0.3, -0.25) is 10.1 Å². The Hall–Kier alpha value is -3.12. The van der Waals surface area contributed by atoms with Crippen LogP contribution in [0, 0.1) is 13.8 Å².